The van der Waals surface area contributed by atoms with E-state index in [1.165, 1.54) is 5.56 Å². The van der Waals surface area contributed by atoms with Gasteiger partial charge in [-0.05, 0) is 30.0 Å². The van der Waals surface area contributed by atoms with Gasteiger partial charge >= 0.3 is 0 Å². The van der Waals surface area contributed by atoms with Crippen LogP contribution in [-0.4, -0.2) is 31.7 Å². The van der Waals surface area contributed by atoms with Crippen LogP contribution < -0.4 is 14.8 Å². The Kier molecular flexibility index (Phi) is 7.39. The SMILES string of the molecule is CCCCNC(=O)C[C@@H](c1ccc(OC)cc1OC)c1c[nH]c2c(CC)cccc12. The zero-order valence-corrected chi connectivity index (χ0v) is 18.4. The summed E-state index contributed by atoms with van der Waals surface area (Å²) in [6.45, 7) is 4.98. The fourth-order valence-corrected chi connectivity index (χ4v) is 3.98. The molecule has 0 saturated heterocycles. The maximum atomic E-state index is 12.8. The first-order valence-electron chi connectivity index (χ1n) is 10.7. The third-order valence-electron chi connectivity index (χ3n) is 5.65. The lowest BCUT2D eigenvalue weighted by molar-refractivity contribution is -0.121. The second-order valence-corrected chi connectivity index (χ2v) is 7.51. The van der Waals surface area contributed by atoms with Crippen LogP contribution in [0.4, 0.5) is 0 Å². The van der Waals surface area contributed by atoms with Crippen LogP contribution >= 0.6 is 0 Å². The molecule has 5 nitrogen and oxygen atoms in total. The average Bonchev–Trinajstić information content (AvgIpc) is 3.21. The monoisotopic (exact) mass is 408 g/mol. The van der Waals surface area contributed by atoms with Crippen molar-refractivity contribution in [1.82, 2.24) is 10.3 Å². The number of para-hydroxylation sites is 1. The smallest absolute Gasteiger partial charge is 0.220 e. The van der Waals surface area contributed by atoms with Crippen LogP contribution in [0.2, 0.25) is 0 Å². The quantitative estimate of drug-likeness (QED) is 0.454. The van der Waals surface area contributed by atoms with Crippen LogP contribution in [0.1, 0.15) is 55.7 Å². The molecule has 0 aliphatic carbocycles. The van der Waals surface area contributed by atoms with Gasteiger partial charge in [0, 0.05) is 47.6 Å². The van der Waals surface area contributed by atoms with Crippen molar-refractivity contribution in [3.05, 3.63) is 59.3 Å². The molecular weight excluding hydrogens is 376 g/mol. The maximum Gasteiger partial charge on any atom is 0.220 e. The van der Waals surface area contributed by atoms with Crippen molar-refractivity contribution in [2.24, 2.45) is 0 Å². The summed E-state index contributed by atoms with van der Waals surface area (Å²) in [5.74, 6) is 1.37. The number of carbonyl (C=O) groups is 1. The van der Waals surface area contributed by atoms with E-state index in [0.717, 1.165) is 52.8 Å². The minimum atomic E-state index is -0.131. The lowest BCUT2D eigenvalue weighted by Gasteiger charge is -2.20. The molecule has 1 atom stereocenters. The van der Waals surface area contributed by atoms with E-state index < -0.39 is 0 Å². The second-order valence-electron chi connectivity index (χ2n) is 7.51. The largest absolute Gasteiger partial charge is 0.497 e. The third-order valence-corrected chi connectivity index (χ3v) is 5.65. The van der Waals surface area contributed by atoms with Gasteiger partial charge in [0.25, 0.3) is 0 Å². The van der Waals surface area contributed by atoms with Gasteiger partial charge in [-0.1, -0.05) is 44.5 Å². The van der Waals surface area contributed by atoms with E-state index in [0.29, 0.717) is 13.0 Å². The highest BCUT2D eigenvalue weighted by Crippen LogP contribution is 2.39. The maximum absolute atomic E-state index is 12.8. The van der Waals surface area contributed by atoms with Crippen molar-refractivity contribution in [2.45, 2.75) is 45.4 Å². The fourth-order valence-electron chi connectivity index (χ4n) is 3.98. The summed E-state index contributed by atoms with van der Waals surface area (Å²) >= 11 is 0. The van der Waals surface area contributed by atoms with Crippen LogP contribution in [0.25, 0.3) is 10.9 Å². The van der Waals surface area contributed by atoms with Crippen molar-refractivity contribution >= 4 is 16.8 Å². The number of methoxy groups -OCH3 is 2. The summed E-state index contributed by atoms with van der Waals surface area (Å²) in [6, 6.07) is 12.2. The molecule has 160 valence electrons. The number of H-pyrrole nitrogens is 1. The third kappa shape index (κ3) is 4.61. The van der Waals surface area contributed by atoms with Gasteiger partial charge in [0.2, 0.25) is 5.91 Å². The molecule has 0 saturated carbocycles. The molecule has 3 rings (SSSR count). The van der Waals surface area contributed by atoms with E-state index in [9.17, 15) is 4.79 Å². The minimum Gasteiger partial charge on any atom is -0.497 e. The molecule has 1 heterocycles. The van der Waals surface area contributed by atoms with Crippen LogP contribution in [-0.2, 0) is 11.2 Å². The van der Waals surface area contributed by atoms with Crippen molar-refractivity contribution in [1.29, 1.82) is 0 Å². The summed E-state index contributed by atoms with van der Waals surface area (Å²) in [6.07, 6.45) is 5.38. The number of amides is 1. The summed E-state index contributed by atoms with van der Waals surface area (Å²) in [5, 5.41) is 4.21. The van der Waals surface area contributed by atoms with Crippen LogP contribution in [0, 0.1) is 0 Å². The first-order valence-corrected chi connectivity index (χ1v) is 10.7. The van der Waals surface area contributed by atoms with Gasteiger partial charge in [-0.15, -0.1) is 0 Å². The molecule has 1 aromatic heterocycles. The molecule has 30 heavy (non-hydrogen) atoms. The number of hydrogen-bond acceptors (Lipinski definition) is 3. The van der Waals surface area contributed by atoms with Gasteiger partial charge in [-0.25, -0.2) is 0 Å². The first-order chi connectivity index (χ1) is 14.6. The molecule has 0 aliphatic rings. The van der Waals surface area contributed by atoms with Crippen LogP contribution in [0.5, 0.6) is 11.5 Å². The number of ether oxygens (including phenoxy) is 2. The Balaban J connectivity index is 2.06. The lowest BCUT2D eigenvalue weighted by Crippen LogP contribution is -2.26. The first kappa shape index (κ1) is 21.8. The number of benzene rings is 2. The van der Waals surface area contributed by atoms with Gasteiger partial charge in [0.1, 0.15) is 11.5 Å². The fraction of sp³-hybridized carbons (Fsp3) is 0.400. The van der Waals surface area contributed by atoms with Gasteiger partial charge in [-0.3, -0.25) is 4.79 Å². The Morgan fingerprint density at radius 3 is 2.63 bits per heavy atom. The van der Waals surface area contributed by atoms with Gasteiger partial charge in [-0.2, -0.15) is 0 Å². The molecule has 2 N–H and O–H groups in total. The molecule has 3 aromatic rings. The molecule has 5 heteroatoms. The number of aromatic nitrogens is 1. The van der Waals surface area contributed by atoms with E-state index in [1.807, 2.05) is 24.4 Å². The Labute approximate surface area is 178 Å². The highest BCUT2D eigenvalue weighted by atomic mass is 16.5. The van der Waals surface area contributed by atoms with E-state index in [4.69, 9.17) is 9.47 Å². The van der Waals surface area contributed by atoms with Crippen molar-refractivity contribution in [3.8, 4) is 11.5 Å². The number of rotatable bonds is 10. The topological polar surface area (TPSA) is 63.4 Å². The molecule has 0 fully saturated rings. The second kappa shape index (κ2) is 10.2. The van der Waals surface area contributed by atoms with Gasteiger partial charge in [0.05, 0.1) is 14.2 Å². The zero-order valence-electron chi connectivity index (χ0n) is 18.4. The van der Waals surface area contributed by atoms with Gasteiger partial charge in [0.15, 0.2) is 0 Å². The molecule has 0 unspecified atom stereocenters. The number of aromatic amines is 1. The number of unbranched alkanes of at least 4 members (excludes halogenated alkanes) is 1. The standard InChI is InChI=1S/C25H32N2O3/c1-5-7-13-26-24(28)15-21(19-12-11-18(29-3)14-23(19)30-4)22-16-27-25-17(6-2)9-8-10-20(22)25/h8-12,14,16,21,27H,5-7,13,15H2,1-4H3,(H,26,28)/t21-/m0/s1. The number of hydrogen-bond donors (Lipinski definition) is 2. The predicted octanol–water partition coefficient (Wildman–Crippen LogP) is 5.19. The molecule has 0 spiro atoms. The Morgan fingerprint density at radius 1 is 1.10 bits per heavy atom. The molecule has 0 bridgehead atoms. The average molecular weight is 409 g/mol. The van der Waals surface area contributed by atoms with E-state index in [2.05, 4.69) is 42.3 Å². The van der Waals surface area contributed by atoms with E-state index >= 15 is 0 Å². The number of fused-ring (bicyclic) bond motifs is 1. The van der Waals surface area contributed by atoms with Gasteiger partial charge < -0.3 is 19.8 Å². The Morgan fingerprint density at radius 2 is 1.93 bits per heavy atom. The summed E-state index contributed by atoms with van der Waals surface area (Å²) in [7, 11) is 3.29. The minimum absolute atomic E-state index is 0.0484. The highest BCUT2D eigenvalue weighted by molar-refractivity contribution is 5.88. The summed E-state index contributed by atoms with van der Waals surface area (Å²) < 4.78 is 11.0. The summed E-state index contributed by atoms with van der Waals surface area (Å²) in [4.78, 5) is 16.2. The van der Waals surface area contributed by atoms with Crippen molar-refractivity contribution in [3.63, 3.8) is 0 Å². The number of carbonyl (C=O) groups excluding carboxylic acids is 1. The summed E-state index contributed by atoms with van der Waals surface area (Å²) in [5.41, 5.74) is 4.49. The van der Waals surface area contributed by atoms with E-state index in [-0.39, 0.29) is 11.8 Å². The predicted molar refractivity (Wildman–Crippen MR) is 122 cm³/mol. The van der Waals surface area contributed by atoms with Crippen LogP contribution in [0.15, 0.2) is 42.6 Å². The molecule has 1 amide bonds. The van der Waals surface area contributed by atoms with Crippen molar-refractivity contribution in [2.75, 3.05) is 20.8 Å². The van der Waals surface area contributed by atoms with Crippen LogP contribution in [0.3, 0.4) is 0 Å². The zero-order chi connectivity index (χ0) is 21.5. The van der Waals surface area contributed by atoms with Crippen molar-refractivity contribution < 1.29 is 14.3 Å². The normalized spacial score (nSPS) is 12.0. The van der Waals surface area contributed by atoms with E-state index in [1.54, 1.807) is 14.2 Å². The number of aryl methyl sites for hydroxylation is 1. The highest BCUT2D eigenvalue weighted by Gasteiger charge is 2.25. The molecule has 2 aromatic carbocycles. The molecule has 0 aliphatic heterocycles. The lowest BCUT2D eigenvalue weighted by atomic mass is 9.87. The molecule has 0 radical (unpaired) electrons. The Hall–Kier alpha value is -2.95. The Bertz CT molecular complexity index is 993. The number of nitrogens with one attached hydrogen (secondary N) is 2. The molecular formula is C25H32N2O3.